The van der Waals surface area contributed by atoms with Crippen LogP contribution in [0.4, 0.5) is 5.82 Å². The third-order valence-electron chi connectivity index (χ3n) is 3.22. The minimum absolute atomic E-state index is 0.425. The van der Waals surface area contributed by atoms with Gasteiger partial charge in [-0.15, -0.1) is 0 Å². The molecule has 4 heteroatoms. The first-order chi connectivity index (χ1) is 7.33. The number of anilines is 1. The van der Waals surface area contributed by atoms with Gasteiger partial charge in [0.2, 0.25) is 0 Å². The van der Waals surface area contributed by atoms with Gasteiger partial charge in [-0.2, -0.15) is 0 Å². The fourth-order valence-electron chi connectivity index (χ4n) is 2.35. The molecule has 0 saturated carbocycles. The molecule has 4 nitrogen and oxygen atoms in total. The highest BCUT2D eigenvalue weighted by molar-refractivity contribution is 5.39. The molecule has 0 bridgehead atoms. The molecule has 1 aliphatic rings. The van der Waals surface area contributed by atoms with Crippen molar-refractivity contribution in [3.8, 4) is 0 Å². The minimum Gasteiger partial charge on any atom is -0.352 e. The summed E-state index contributed by atoms with van der Waals surface area (Å²) in [6.07, 6.45) is 5.88. The van der Waals surface area contributed by atoms with Crippen LogP contribution in [0.1, 0.15) is 19.8 Å². The van der Waals surface area contributed by atoms with Crippen molar-refractivity contribution in [3.63, 3.8) is 0 Å². The molecule has 2 heterocycles. The monoisotopic (exact) mass is 206 g/mol. The van der Waals surface area contributed by atoms with E-state index < -0.39 is 0 Å². The molecule has 2 unspecified atom stereocenters. The molecule has 2 atom stereocenters. The molecule has 2 N–H and O–H groups in total. The molecule has 1 aliphatic heterocycles. The molecular formula is C11H18N4. The molecule has 1 aromatic heterocycles. The number of hydrogen-bond donors (Lipinski definition) is 1. The van der Waals surface area contributed by atoms with Gasteiger partial charge in [-0.3, -0.25) is 0 Å². The second-order valence-corrected chi connectivity index (χ2v) is 4.18. The van der Waals surface area contributed by atoms with E-state index in [0.717, 1.165) is 12.4 Å². The zero-order valence-corrected chi connectivity index (χ0v) is 9.13. The van der Waals surface area contributed by atoms with Crippen LogP contribution in [0, 0.1) is 5.92 Å². The average molecular weight is 206 g/mol. The van der Waals surface area contributed by atoms with Crippen LogP contribution in [-0.2, 0) is 0 Å². The first-order valence-corrected chi connectivity index (χ1v) is 5.55. The molecular weight excluding hydrogens is 188 g/mol. The van der Waals surface area contributed by atoms with Gasteiger partial charge in [0.15, 0.2) is 0 Å². The lowest BCUT2D eigenvalue weighted by molar-refractivity contribution is 0.348. The van der Waals surface area contributed by atoms with Gasteiger partial charge in [0.25, 0.3) is 0 Å². The third kappa shape index (κ3) is 2.09. The standard InChI is InChI=1S/C11H18N4/c1-9-3-2-6-15(10(9)7-12)11-4-5-13-8-14-11/h4-5,8-10H,2-3,6-7,12H2,1H3. The minimum atomic E-state index is 0.425. The summed E-state index contributed by atoms with van der Waals surface area (Å²) in [5.74, 6) is 1.66. The molecule has 0 aromatic carbocycles. The summed E-state index contributed by atoms with van der Waals surface area (Å²) >= 11 is 0. The molecule has 1 fully saturated rings. The first kappa shape index (κ1) is 10.4. The highest BCUT2D eigenvalue weighted by Crippen LogP contribution is 2.26. The van der Waals surface area contributed by atoms with Crippen molar-refractivity contribution < 1.29 is 0 Å². The van der Waals surface area contributed by atoms with E-state index in [1.165, 1.54) is 12.8 Å². The van der Waals surface area contributed by atoms with Crippen molar-refractivity contribution in [2.45, 2.75) is 25.8 Å². The van der Waals surface area contributed by atoms with Crippen LogP contribution in [0.3, 0.4) is 0 Å². The van der Waals surface area contributed by atoms with Crippen molar-refractivity contribution in [2.75, 3.05) is 18.0 Å². The van der Waals surface area contributed by atoms with Gasteiger partial charge in [0.1, 0.15) is 12.1 Å². The fourth-order valence-corrected chi connectivity index (χ4v) is 2.35. The van der Waals surface area contributed by atoms with E-state index in [0.29, 0.717) is 18.5 Å². The Morgan fingerprint density at radius 3 is 3.13 bits per heavy atom. The van der Waals surface area contributed by atoms with Crippen LogP contribution < -0.4 is 10.6 Å². The number of hydrogen-bond acceptors (Lipinski definition) is 4. The summed E-state index contributed by atoms with van der Waals surface area (Å²) in [5, 5.41) is 0. The Kier molecular flexibility index (Phi) is 3.16. The van der Waals surface area contributed by atoms with E-state index in [-0.39, 0.29) is 0 Å². The van der Waals surface area contributed by atoms with E-state index in [9.17, 15) is 0 Å². The molecule has 1 aromatic rings. The van der Waals surface area contributed by atoms with Crippen LogP contribution >= 0.6 is 0 Å². The molecule has 1 saturated heterocycles. The zero-order valence-electron chi connectivity index (χ0n) is 9.13. The third-order valence-corrected chi connectivity index (χ3v) is 3.22. The van der Waals surface area contributed by atoms with Gasteiger partial charge in [-0.1, -0.05) is 6.92 Å². The van der Waals surface area contributed by atoms with E-state index >= 15 is 0 Å². The number of aromatic nitrogens is 2. The Morgan fingerprint density at radius 2 is 2.47 bits per heavy atom. The summed E-state index contributed by atoms with van der Waals surface area (Å²) in [5.41, 5.74) is 5.84. The van der Waals surface area contributed by atoms with Crippen LogP contribution in [-0.4, -0.2) is 29.1 Å². The van der Waals surface area contributed by atoms with Gasteiger partial charge in [0, 0.05) is 25.3 Å². The maximum absolute atomic E-state index is 5.84. The smallest absolute Gasteiger partial charge is 0.132 e. The maximum Gasteiger partial charge on any atom is 0.132 e. The lowest BCUT2D eigenvalue weighted by atomic mass is 9.91. The highest BCUT2D eigenvalue weighted by atomic mass is 15.2. The van der Waals surface area contributed by atoms with E-state index in [1.807, 2.05) is 6.07 Å². The molecule has 2 rings (SSSR count). The van der Waals surface area contributed by atoms with Crippen LogP contribution in [0.15, 0.2) is 18.6 Å². The first-order valence-electron chi connectivity index (χ1n) is 5.55. The quantitative estimate of drug-likeness (QED) is 0.785. The van der Waals surface area contributed by atoms with Crippen LogP contribution in [0.25, 0.3) is 0 Å². The van der Waals surface area contributed by atoms with Gasteiger partial charge >= 0.3 is 0 Å². The van der Waals surface area contributed by atoms with E-state index in [2.05, 4.69) is 21.8 Å². The SMILES string of the molecule is CC1CCCN(c2ccncn2)C1CN. The zero-order chi connectivity index (χ0) is 10.7. The van der Waals surface area contributed by atoms with E-state index in [1.54, 1.807) is 12.5 Å². The summed E-state index contributed by atoms with van der Waals surface area (Å²) < 4.78 is 0. The Labute approximate surface area is 90.5 Å². The number of piperidine rings is 1. The van der Waals surface area contributed by atoms with Crippen molar-refractivity contribution in [2.24, 2.45) is 11.7 Å². The molecule has 0 aliphatic carbocycles. The Bertz CT molecular complexity index is 301. The topological polar surface area (TPSA) is 55.0 Å². The van der Waals surface area contributed by atoms with Gasteiger partial charge in [0.05, 0.1) is 0 Å². The molecule has 82 valence electrons. The predicted molar refractivity (Wildman–Crippen MR) is 60.6 cm³/mol. The molecule has 0 spiro atoms. The molecule has 0 amide bonds. The number of rotatable bonds is 2. The van der Waals surface area contributed by atoms with Crippen molar-refractivity contribution in [1.29, 1.82) is 0 Å². The van der Waals surface area contributed by atoms with Crippen molar-refractivity contribution in [1.82, 2.24) is 9.97 Å². The summed E-state index contributed by atoms with van der Waals surface area (Å²) in [4.78, 5) is 10.6. The normalized spacial score (nSPS) is 26.7. The number of nitrogens with two attached hydrogens (primary N) is 1. The van der Waals surface area contributed by atoms with E-state index in [4.69, 9.17) is 5.73 Å². The second kappa shape index (κ2) is 4.57. The lowest BCUT2D eigenvalue weighted by Gasteiger charge is -2.40. The summed E-state index contributed by atoms with van der Waals surface area (Å²) in [6.45, 7) is 4.03. The number of nitrogens with zero attached hydrogens (tertiary/aromatic N) is 3. The Balaban J connectivity index is 2.19. The maximum atomic E-state index is 5.84. The Morgan fingerprint density at radius 1 is 1.60 bits per heavy atom. The highest BCUT2D eigenvalue weighted by Gasteiger charge is 2.27. The van der Waals surface area contributed by atoms with Gasteiger partial charge in [-0.05, 0) is 24.8 Å². The summed E-state index contributed by atoms with van der Waals surface area (Å²) in [6, 6.07) is 2.38. The Hall–Kier alpha value is -1.16. The predicted octanol–water partition coefficient (Wildman–Crippen LogP) is 1.04. The van der Waals surface area contributed by atoms with Crippen LogP contribution in [0.5, 0.6) is 0 Å². The van der Waals surface area contributed by atoms with Gasteiger partial charge in [-0.25, -0.2) is 9.97 Å². The largest absolute Gasteiger partial charge is 0.352 e. The molecule has 15 heavy (non-hydrogen) atoms. The average Bonchev–Trinajstić information content (AvgIpc) is 2.30. The summed E-state index contributed by atoms with van der Waals surface area (Å²) in [7, 11) is 0. The van der Waals surface area contributed by atoms with Crippen molar-refractivity contribution in [3.05, 3.63) is 18.6 Å². The van der Waals surface area contributed by atoms with Crippen molar-refractivity contribution >= 4 is 5.82 Å². The molecule has 0 radical (unpaired) electrons. The fraction of sp³-hybridized carbons (Fsp3) is 0.636. The van der Waals surface area contributed by atoms with Crippen LogP contribution in [0.2, 0.25) is 0 Å². The lowest BCUT2D eigenvalue weighted by Crippen LogP contribution is -2.49. The second-order valence-electron chi connectivity index (χ2n) is 4.18. The van der Waals surface area contributed by atoms with Gasteiger partial charge < -0.3 is 10.6 Å².